The van der Waals surface area contributed by atoms with Gasteiger partial charge in [-0.05, 0) is 17.0 Å². The Hall–Kier alpha value is -1.43. The van der Waals surface area contributed by atoms with E-state index in [2.05, 4.69) is 29.0 Å². The molecular weight excluding hydrogens is 302 g/mol. The number of nitrogens with zero attached hydrogens (tertiary/aromatic N) is 2. The summed E-state index contributed by atoms with van der Waals surface area (Å²) in [6.07, 6.45) is 0. The van der Waals surface area contributed by atoms with Crippen molar-refractivity contribution in [3.8, 4) is 0 Å². The fourth-order valence-electron chi connectivity index (χ4n) is 3.13. The first-order valence-corrected chi connectivity index (χ1v) is 8.85. The van der Waals surface area contributed by atoms with Gasteiger partial charge in [0.15, 0.2) is 0 Å². The van der Waals surface area contributed by atoms with Gasteiger partial charge in [-0.25, -0.2) is 0 Å². The molecule has 0 saturated carbocycles. The number of carbonyl (C=O) groups excluding carboxylic acids is 1. The highest BCUT2D eigenvalue weighted by molar-refractivity contribution is 5.78. The number of hydrogen-bond acceptors (Lipinski definition) is 4. The van der Waals surface area contributed by atoms with Crippen molar-refractivity contribution in [2.24, 2.45) is 5.92 Å². The molecule has 1 aromatic rings. The van der Waals surface area contributed by atoms with Crippen LogP contribution >= 0.6 is 0 Å². The Morgan fingerprint density at radius 3 is 2.38 bits per heavy atom. The van der Waals surface area contributed by atoms with Crippen LogP contribution in [-0.2, 0) is 22.7 Å². The Bertz CT molecular complexity index is 511. The van der Waals surface area contributed by atoms with Crippen molar-refractivity contribution in [3.05, 3.63) is 35.4 Å². The molecule has 1 fully saturated rings. The minimum Gasteiger partial charge on any atom is -0.380 e. The third-order valence-electron chi connectivity index (χ3n) is 4.35. The molecule has 134 valence electrons. The van der Waals surface area contributed by atoms with E-state index in [1.54, 1.807) is 7.11 Å². The number of piperazine rings is 1. The third-order valence-corrected chi connectivity index (χ3v) is 4.35. The lowest BCUT2D eigenvalue weighted by atomic mass is 10.1. The summed E-state index contributed by atoms with van der Waals surface area (Å²) in [5.74, 6) is 0.798. The van der Waals surface area contributed by atoms with E-state index in [-0.39, 0.29) is 5.91 Å². The van der Waals surface area contributed by atoms with E-state index in [0.717, 1.165) is 43.9 Å². The SMILES string of the molecule is COCc1ccccc1CNC(=O)CN1CCN(CC(C)C)CC1. The molecule has 1 saturated heterocycles. The van der Waals surface area contributed by atoms with Crippen LogP contribution in [-0.4, -0.2) is 62.1 Å². The van der Waals surface area contributed by atoms with Gasteiger partial charge < -0.3 is 15.0 Å². The van der Waals surface area contributed by atoms with Crippen molar-refractivity contribution in [2.75, 3.05) is 46.4 Å². The van der Waals surface area contributed by atoms with E-state index in [1.807, 2.05) is 24.3 Å². The number of ether oxygens (including phenoxy) is 1. The molecule has 0 radical (unpaired) electrons. The monoisotopic (exact) mass is 333 g/mol. The maximum Gasteiger partial charge on any atom is 0.234 e. The summed E-state index contributed by atoms with van der Waals surface area (Å²) in [5.41, 5.74) is 2.25. The summed E-state index contributed by atoms with van der Waals surface area (Å²) in [7, 11) is 1.69. The number of rotatable bonds is 8. The Kier molecular flexibility index (Phi) is 7.69. The van der Waals surface area contributed by atoms with Crippen molar-refractivity contribution in [1.82, 2.24) is 15.1 Å². The van der Waals surface area contributed by atoms with Gasteiger partial charge in [-0.2, -0.15) is 0 Å². The van der Waals surface area contributed by atoms with Gasteiger partial charge in [0.25, 0.3) is 0 Å². The summed E-state index contributed by atoms with van der Waals surface area (Å²) in [6.45, 7) is 11.3. The maximum absolute atomic E-state index is 12.2. The van der Waals surface area contributed by atoms with Crippen molar-refractivity contribution < 1.29 is 9.53 Å². The Morgan fingerprint density at radius 2 is 1.75 bits per heavy atom. The summed E-state index contributed by atoms with van der Waals surface area (Å²) >= 11 is 0. The molecule has 1 amide bonds. The van der Waals surface area contributed by atoms with E-state index in [9.17, 15) is 4.79 Å². The van der Waals surface area contributed by atoms with E-state index in [4.69, 9.17) is 4.74 Å². The first-order chi connectivity index (χ1) is 11.6. The van der Waals surface area contributed by atoms with Crippen molar-refractivity contribution in [2.45, 2.75) is 27.0 Å². The second-order valence-electron chi connectivity index (χ2n) is 6.95. The number of nitrogens with one attached hydrogen (secondary N) is 1. The zero-order valence-corrected chi connectivity index (χ0v) is 15.3. The fraction of sp³-hybridized carbons (Fsp3) is 0.632. The topological polar surface area (TPSA) is 44.8 Å². The number of carbonyl (C=O) groups is 1. The fourth-order valence-corrected chi connectivity index (χ4v) is 3.13. The molecule has 2 rings (SSSR count). The summed E-state index contributed by atoms with van der Waals surface area (Å²) in [5, 5.41) is 3.04. The molecular formula is C19H31N3O2. The third kappa shape index (κ3) is 6.23. The number of hydrogen-bond donors (Lipinski definition) is 1. The van der Waals surface area contributed by atoms with E-state index in [0.29, 0.717) is 25.6 Å². The standard InChI is InChI=1S/C19H31N3O2/c1-16(2)13-21-8-10-22(11-9-21)14-19(23)20-12-17-6-4-5-7-18(17)15-24-3/h4-7,16H,8-15H2,1-3H3,(H,20,23). The van der Waals surface area contributed by atoms with Crippen molar-refractivity contribution in [1.29, 1.82) is 0 Å². The lowest BCUT2D eigenvalue weighted by Crippen LogP contribution is -2.50. The second kappa shape index (κ2) is 9.77. The molecule has 1 heterocycles. The van der Waals surface area contributed by atoms with E-state index in [1.165, 1.54) is 0 Å². The Labute approximate surface area is 146 Å². The molecule has 1 N–H and O–H groups in total. The Balaban J connectivity index is 1.73. The lowest BCUT2D eigenvalue weighted by molar-refractivity contribution is -0.122. The number of benzene rings is 1. The van der Waals surface area contributed by atoms with E-state index < -0.39 is 0 Å². The van der Waals surface area contributed by atoms with Crippen LogP contribution in [0.2, 0.25) is 0 Å². The van der Waals surface area contributed by atoms with Gasteiger partial charge in [0, 0.05) is 46.4 Å². The highest BCUT2D eigenvalue weighted by Gasteiger charge is 2.19. The molecule has 1 aromatic carbocycles. The van der Waals surface area contributed by atoms with Crippen LogP contribution in [0.3, 0.4) is 0 Å². The van der Waals surface area contributed by atoms with Gasteiger partial charge in [0.05, 0.1) is 13.2 Å². The zero-order chi connectivity index (χ0) is 17.4. The highest BCUT2D eigenvalue weighted by atomic mass is 16.5. The average molecular weight is 333 g/mol. The molecule has 5 heteroatoms. The zero-order valence-electron chi connectivity index (χ0n) is 15.3. The van der Waals surface area contributed by atoms with Gasteiger partial charge in [-0.3, -0.25) is 9.69 Å². The minimum absolute atomic E-state index is 0.0968. The number of methoxy groups -OCH3 is 1. The highest BCUT2D eigenvalue weighted by Crippen LogP contribution is 2.10. The molecule has 1 aliphatic rings. The number of amides is 1. The predicted octanol–water partition coefficient (Wildman–Crippen LogP) is 1.72. The van der Waals surface area contributed by atoms with Crippen LogP contribution in [0.25, 0.3) is 0 Å². The first kappa shape index (κ1) is 18.9. The summed E-state index contributed by atoms with van der Waals surface area (Å²) in [4.78, 5) is 16.9. The molecule has 24 heavy (non-hydrogen) atoms. The van der Waals surface area contributed by atoms with Crippen LogP contribution in [0.1, 0.15) is 25.0 Å². The largest absolute Gasteiger partial charge is 0.380 e. The van der Waals surface area contributed by atoms with Gasteiger partial charge in [-0.1, -0.05) is 38.1 Å². The van der Waals surface area contributed by atoms with Crippen LogP contribution in [0.5, 0.6) is 0 Å². The molecule has 0 aliphatic carbocycles. The molecule has 0 spiro atoms. The van der Waals surface area contributed by atoms with Gasteiger partial charge in [-0.15, -0.1) is 0 Å². The predicted molar refractivity (Wildman–Crippen MR) is 96.7 cm³/mol. The maximum atomic E-state index is 12.2. The molecule has 0 atom stereocenters. The lowest BCUT2D eigenvalue weighted by Gasteiger charge is -2.35. The second-order valence-corrected chi connectivity index (χ2v) is 6.95. The van der Waals surface area contributed by atoms with E-state index >= 15 is 0 Å². The molecule has 5 nitrogen and oxygen atoms in total. The smallest absolute Gasteiger partial charge is 0.234 e. The van der Waals surface area contributed by atoms with Crippen LogP contribution in [0.4, 0.5) is 0 Å². The summed E-state index contributed by atoms with van der Waals surface area (Å²) in [6, 6.07) is 8.07. The summed E-state index contributed by atoms with van der Waals surface area (Å²) < 4.78 is 5.21. The molecule has 0 bridgehead atoms. The molecule has 0 aromatic heterocycles. The van der Waals surface area contributed by atoms with Crippen LogP contribution in [0.15, 0.2) is 24.3 Å². The normalized spacial score (nSPS) is 16.5. The Morgan fingerprint density at radius 1 is 1.12 bits per heavy atom. The average Bonchev–Trinajstić information content (AvgIpc) is 2.56. The van der Waals surface area contributed by atoms with Crippen LogP contribution in [0, 0.1) is 5.92 Å². The minimum atomic E-state index is 0.0968. The van der Waals surface area contributed by atoms with Gasteiger partial charge >= 0.3 is 0 Å². The molecule has 1 aliphatic heterocycles. The van der Waals surface area contributed by atoms with Gasteiger partial charge in [0.2, 0.25) is 5.91 Å². The molecule has 0 unspecified atom stereocenters. The van der Waals surface area contributed by atoms with Crippen LogP contribution < -0.4 is 5.32 Å². The first-order valence-electron chi connectivity index (χ1n) is 8.85. The van der Waals surface area contributed by atoms with Crippen molar-refractivity contribution in [3.63, 3.8) is 0 Å². The van der Waals surface area contributed by atoms with Crippen molar-refractivity contribution >= 4 is 5.91 Å². The van der Waals surface area contributed by atoms with Gasteiger partial charge in [0.1, 0.15) is 0 Å². The quantitative estimate of drug-likeness (QED) is 0.787.